The van der Waals surface area contributed by atoms with Crippen LogP contribution in [-0.2, 0) is 4.74 Å². The second kappa shape index (κ2) is 3.76. The lowest BCUT2D eigenvalue weighted by Gasteiger charge is -2.15. The lowest BCUT2D eigenvalue weighted by Crippen LogP contribution is -2.33. The van der Waals surface area contributed by atoms with Crippen molar-refractivity contribution in [2.75, 3.05) is 13.1 Å². The number of carbonyl (C=O) groups is 1. The minimum atomic E-state index is -0.428. The molecule has 1 heterocycles. The van der Waals surface area contributed by atoms with Crippen LogP contribution in [-0.4, -0.2) is 41.4 Å². The topological polar surface area (TPSA) is 49.8 Å². The van der Waals surface area contributed by atoms with Crippen LogP contribution in [0.2, 0.25) is 0 Å². The summed E-state index contributed by atoms with van der Waals surface area (Å²) in [5, 5.41) is 9.27. The molecule has 4 nitrogen and oxygen atoms in total. The number of cyclic esters (lactones) is 1. The molecule has 70 valence electrons. The van der Waals surface area contributed by atoms with Crippen molar-refractivity contribution in [1.29, 1.82) is 0 Å². The first-order chi connectivity index (χ1) is 5.63. The molecule has 1 aliphatic rings. The molecule has 0 spiro atoms. The van der Waals surface area contributed by atoms with Gasteiger partial charge in [0.2, 0.25) is 0 Å². The van der Waals surface area contributed by atoms with Crippen molar-refractivity contribution in [3.05, 3.63) is 0 Å². The molecule has 1 saturated heterocycles. The van der Waals surface area contributed by atoms with Gasteiger partial charge in [-0.15, -0.1) is 0 Å². The third kappa shape index (κ3) is 2.11. The highest BCUT2D eigenvalue weighted by Gasteiger charge is 2.28. The summed E-state index contributed by atoms with van der Waals surface area (Å²) >= 11 is 0. The predicted octanol–water partition coefficient (Wildman–Crippen LogP) is 0.598. The van der Waals surface area contributed by atoms with Crippen LogP contribution in [0, 0.1) is 0 Å². The Morgan fingerprint density at radius 2 is 2.50 bits per heavy atom. The summed E-state index contributed by atoms with van der Waals surface area (Å²) in [6.07, 6.45) is -0.113. The van der Waals surface area contributed by atoms with E-state index in [2.05, 4.69) is 0 Å². The van der Waals surface area contributed by atoms with Gasteiger partial charge in [0.25, 0.3) is 0 Å². The van der Waals surface area contributed by atoms with Gasteiger partial charge in [-0.1, -0.05) is 6.92 Å². The molecule has 0 aliphatic carbocycles. The molecule has 0 aromatic rings. The predicted molar refractivity (Wildman–Crippen MR) is 43.8 cm³/mol. The van der Waals surface area contributed by atoms with Gasteiger partial charge in [0.15, 0.2) is 0 Å². The highest BCUT2D eigenvalue weighted by atomic mass is 16.6. The molecule has 4 heteroatoms. The number of amides is 1. The van der Waals surface area contributed by atoms with Gasteiger partial charge in [0.1, 0.15) is 6.10 Å². The molecule has 0 aromatic heterocycles. The third-order valence-electron chi connectivity index (χ3n) is 1.94. The highest BCUT2D eigenvalue weighted by Crippen LogP contribution is 2.11. The fourth-order valence-corrected chi connectivity index (χ4v) is 1.20. The Balaban J connectivity index is 2.37. The van der Waals surface area contributed by atoms with Gasteiger partial charge in [-0.2, -0.15) is 0 Å². The Kier molecular flexibility index (Phi) is 2.92. The average molecular weight is 173 g/mol. The van der Waals surface area contributed by atoms with E-state index in [-0.39, 0.29) is 12.2 Å². The first kappa shape index (κ1) is 9.32. The number of β-amino-alcohol motifs (C(OH)–C–C–N with tert-alkyl or cyclic N) is 1. The molecule has 2 unspecified atom stereocenters. The Bertz CT molecular complexity index is 172. The van der Waals surface area contributed by atoms with Crippen molar-refractivity contribution in [2.24, 2.45) is 0 Å². The lowest BCUT2D eigenvalue weighted by molar-refractivity contribution is 0.112. The van der Waals surface area contributed by atoms with Crippen LogP contribution in [0.15, 0.2) is 0 Å². The maximum absolute atomic E-state index is 11.0. The van der Waals surface area contributed by atoms with E-state index in [1.54, 1.807) is 4.90 Å². The summed E-state index contributed by atoms with van der Waals surface area (Å²) in [7, 11) is 0. The van der Waals surface area contributed by atoms with Crippen LogP contribution < -0.4 is 0 Å². The summed E-state index contributed by atoms with van der Waals surface area (Å²) in [5.74, 6) is 0. The largest absolute Gasteiger partial charge is 0.445 e. The SMILES string of the molecule is CCC(O)CN1CC(C)OC1=O. The fraction of sp³-hybridized carbons (Fsp3) is 0.875. The Hall–Kier alpha value is -0.770. The quantitative estimate of drug-likeness (QED) is 0.679. The third-order valence-corrected chi connectivity index (χ3v) is 1.94. The minimum absolute atomic E-state index is 0.0402. The Labute approximate surface area is 72.1 Å². The number of rotatable bonds is 3. The van der Waals surface area contributed by atoms with Crippen molar-refractivity contribution in [3.8, 4) is 0 Å². The summed E-state index contributed by atoms with van der Waals surface area (Å²) in [5.41, 5.74) is 0. The second-order valence-electron chi connectivity index (χ2n) is 3.16. The zero-order valence-corrected chi connectivity index (χ0v) is 7.49. The van der Waals surface area contributed by atoms with Gasteiger partial charge in [0.05, 0.1) is 19.2 Å². The van der Waals surface area contributed by atoms with Crippen LogP contribution in [0.25, 0.3) is 0 Å². The molecule has 12 heavy (non-hydrogen) atoms. The van der Waals surface area contributed by atoms with E-state index < -0.39 is 6.10 Å². The van der Waals surface area contributed by atoms with Gasteiger partial charge < -0.3 is 14.7 Å². The summed E-state index contributed by atoms with van der Waals surface area (Å²) in [6.45, 7) is 4.71. The minimum Gasteiger partial charge on any atom is -0.445 e. The maximum Gasteiger partial charge on any atom is 0.410 e. The summed E-state index contributed by atoms with van der Waals surface area (Å²) < 4.78 is 4.90. The number of carbonyl (C=O) groups excluding carboxylic acids is 1. The van der Waals surface area contributed by atoms with Crippen molar-refractivity contribution in [2.45, 2.75) is 32.5 Å². The van der Waals surface area contributed by atoms with Crippen molar-refractivity contribution >= 4 is 6.09 Å². The van der Waals surface area contributed by atoms with Crippen molar-refractivity contribution < 1.29 is 14.6 Å². The van der Waals surface area contributed by atoms with Gasteiger partial charge in [-0.3, -0.25) is 0 Å². The van der Waals surface area contributed by atoms with Crippen LogP contribution >= 0.6 is 0 Å². The molecule has 1 rings (SSSR count). The molecule has 0 bridgehead atoms. The van der Waals surface area contributed by atoms with E-state index in [9.17, 15) is 9.90 Å². The molecule has 1 amide bonds. The molecule has 2 atom stereocenters. The van der Waals surface area contributed by atoms with E-state index in [0.717, 1.165) is 0 Å². The van der Waals surface area contributed by atoms with E-state index in [1.807, 2.05) is 13.8 Å². The number of hydrogen-bond donors (Lipinski definition) is 1. The van der Waals surface area contributed by atoms with Crippen LogP contribution in [0.3, 0.4) is 0 Å². The zero-order valence-electron chi connectivity index (χ0n) is 7.49. The van der Waals surface area contributed by atoms with Crippen LogP contribution in [0.4, 0.5) is 4.79 Å². The molecule has 0 radical (unpaired) electrons. The molecular weight excluding hydrogens is 158 g/mol. The highest BCUT2D eigenvalue weighted by molar-refractivity contribution is 5.69. The summed E-state index contributed by atoms with van der Waals surface area (Å²) in [6, 6.07) is 0. The Morgan fingerprint density at radius 3 is 2.92 bits per heavy atom. The van der Waals surface area contributed by atoms with Crippen LogP contribution in [0.1, 0.15) is 20.3 Å². The van der Waals surface area contributed by atoms with Gasteiger partial charge in [-0.25, -0.2) is 4.79 Å². The van der Waals surface area contributed by atoms with Crippen molar-refractivity contribution in [1.82, 2.24) is 4.90 Å². The molecule has 0 aromatic carbocycles. The summed E-state index contributed by atoms with van der Waals surface area (Å²) in [4.78, 5) is 12.6. The molecule has 1 fully saturated rings. The first-order valence-corrected chi connectivity index (χ1v) is 4.27. The molecule has 1 N–H and O–H groups in total. The Morgan fingerprint density at radius 1 is 1.83 bits per heavy atom. The van der Waals surface area contributed by atoms with E-state index in [4.69, 9.17) is 4.74 Å². The van der Waals surface area contributed by atoms with E-state index in [0.29, 0.717) is 19.5 Å². The van der Waals surface area contributed by atoms with E-state index in [1.165, 1.54) is 0 Å². The lowest BCUT2D eigenvalue weighted by atomic mass is 10.2. The smallest absolute Gasteiger partial charge is 0.410 e. The molecule has 0 saturated carbocycles. The standard InChI is InChI=1S/C8H15NO3/c1-3-7(10)5-9-4-6(2)12-8(9)11/h6-7,10H,3-5H2,1-2H3. The normalized spacial score (nSPS) is 25.8. The number of ether oxygens (including phenoxy) is 1. The monoisotopic (exact) mass is 173 g/mol. The first-order valence-electron chi connectivity index (χ1n) is 4.27. The number of aliphatic hydroxyl groups is 1. The second-order valence-corrected chi connectivity index (χ2v) is 3.16. The number of hydrogen-bond acceptors (Lipinski definition) is 3. The van der Waals surface area contributed by atoms with Crippen molar-refractivity contribution in [3.63, 3.8) is 0 Å². The van der Waals surface area contributed by atoms with Crippen LogP contribution in [0.5, 0.6) is 0 Å². The van der Waals surface area contributed by atoms with Gasteiger partial charge >= 0.3 is 6.09 Å². The molecular formula is C8H15NO3. The zero-order chi connectivity index (χ0) is 9.14. The maximum atomic E-state index is 11.0. The van der Waals surface area contributed by atoms with Gasteiger partial charge in [-0.05, 0) is 13.3 Å². The molecule has 1 aliphatic heterocycles. The van der Waals surface area contributed by atoms with Gasteiger partial charge in [0, 0.05) is 0 Å². The number of nitrogens with zero attached hydrogens (tertiary/aromatic N) is 1. The average Bonchev–Trinajstić information content (AvgIpc) is 2.30. The van der Waals surface area contributed by atoms with E-state index >= 15 is 0 Å². The fourth-order valence-electron chi connectivity index (χ4n) is 1.20. The number of aliphatic hydroxyl groups excluding tert-OH is 1.